The van der Waals surface area contributed by atoms with E-state index in [4.69, 9.17) is 0 Å². The summed E-state index contributed by atoms with van der Waals surface area (Å²) in [5.41, 5.74) is -0.886. The van der Waals surface area contributed by atoms with Gasteiger partial charge in [-0.2, -0.15) is 8.78 Å². The van der Waals surface area contributed by atoms with Gasteiger partial charge in [-0.1, -0.05) is 0 Å². The third kappa shape index (κ3) is 3.47. The minimum atomic E-state index is -2.81. The number of nitro benzene ring substituents is 1. The number of non-ortho nitro benzene ring substituents is 1. The first-order chi connectivity index (χ1) is 10.8. The topological polar surface area (TPSA) is 81.3 Å². The van der Waals surface area contributed by atoms with Gasteiger partial charge < -0.3 is 4.90 Å². The van der Waals surface area contributed by atoms with Crippen molar-refractivity contribution in [3.05, 3.63) is 57.9 Å². The van der Waals surface area contributed by atoms with E-state index in [0.717, 1.165) is 29.4 Å². The lowest BCUT2D eigenvalue weighted by Crippen LogP contribution is -2.28. The zero-order valence-electron chi connectivity index (χ0n) is 11.8. The Hall–Kier alpha value is -2.91. The van der Waals surface area contributed by atoms with Crippen LogP contribution in [0.1, 0.15) is 22.7 Å². The summed E-state index contributed by atoms with van der Waals surface area (Å²) in [6.07, 6.45) is 2.22. The molecule has 0 spiro atoms. The van der Waals surface area contributed by atoms with Crippen LogP contribution in [0.2, 0.25) is 0 Å². The van der Waals surface area contributed by atoms with Crippen molar-refractivity contribution in [3.63, 3.8) is 0 Å². The fourth-order valence-electron chi connectivity index (χ4n) is 1.92. The number of aromatic nitrogens is 2. The van der Waals surface area contributed by atoms with E-state index in [2.05, 4.69) is 4.98 Å². The third-order valence-corrected chi connectivity index (χ3v) is 3.08. The maximum Gasteiger partial charge on any atom is 0.319 e. The third-order valence-electron chi connectivity index (χ3n) is 3.08. The molecule has 0 bridgehead atoms. The number of carbonyl (C=O) groups is 1. The van der Waals surface area contributed by atoms with Gasteiger partial charge >= 0.3 is 6.55 Å². The van der Waals surface area contributed by atoms with Crippen LogP contribution in [0.5, 0.6) is 0 Å². The molecule has 0 atom stereocenters. The van der Waals surface area contributed by atoms with Gasteiger partial charge in [0, 0.05) is 25.5 Å². The average molecular weight is 328 g/mol. The van der Waals surface area contributed by atoms with Crippen molar-refractivity contribution < 1.29 is 22.9 Å². The van der Waals surface area contributed by atoms with E-state index in [1.165, 1.54) is 7.05 Å². The molecule has 0 aliphatic rings. The molecule has 0 aliphatic carbocycles. The predicted octanol–water partition coefficient (Wildman–Crippen LogP) is 2.60. The molecule has 0 aliphatic heterocycles. The largest absolute Gasteiger partial charge is 0.334 e. The second-order valence-corrected chi connectivity index (χ2v) is 4.61. The number of carbonyl (C=O) groups excluding carboxylic acids is 1. The summed E-state index contributed by atoms with van der Waals surface area (Å²) in [7, 11) is 1.29. The van der Waals surface area contributed by atoms with E-state index in [0.29, 0.717) is 10.6 Å². The van der Waals surface area contributed by atoms with Crippen LogP contribution in [0, 0.1) is 15.9 Å². The standard InChI is InChI=1S/C13H11F3N4O3/c1-18(7-11-17-4-5-19(11)13(15)16)12(21)9-3-2-8(20(22)23)6-10(9)14/h2-6,13H,7H2,1H3. The highest BCUT2D eigenvalue weighted by Gasteiger charge is 2.21. The van der Waals surface area contributed by atoms with Gasteiger partial charge in [0.05, 0.1) is 23.1 Å². The summed E-state index contributed by atoms with van der Waals surface area (Å²) < 4.78 is 39.8. The fourth-order valence-corrected chi connectivity index (χ4v) is 1.92. The average Bonchev–Trinajstić information content (AvgIpc) is 2.94. The van der Waals surface area contributed by atoms with Gasteiger partial charge in [0.1, 0.15) is 11.6 Å². The second-order valence-electron chi connectivity index (χ2n) is 4.61. The number of amides is 1. The van der Waals surface area contributed by atoms with Crippen LogP contribution in [0.25, 0.3) is 0 Å². The monoisotopic (exact) mass is 328 g/mol. The van der Waals surface area contributed by atoms with Crippen molar-refractivity contribution in [2.75, 3.05) is 7.05 Å². The van der Waals surface area contributed by atoms with Crippen molar-refractivity contribution in [1.29, 1.82) is 0 Å². The number of imidazole rings is 1. The molecule has 1 heterocycles. The Kier molecular flexibility index (Phi) is 4.63. The second kappa shape index (κ2) is 6.46. The molecule has 2 rings (SSSR count). The van der Waals surface area contributed by atoms with Crippen molar-refractivity contribution in [1.82, 2.24) is 14.5 Å². The summed E-state index contributed by atoms with van der Waals surface area (Å²) in [4.78, 5) is 26.6. The smallest absolute Gasteiger partial charge is 0.319 e. The Balaban J connectivity index is 2.20. The Morgan fingerprint density at radius 2 is 2.17 bits per heavy atom. The van der Waals surface area contributed by atoms with Crippen LogP contribution in [0.15, 0.2) is 30.6 Å². The maximum atomic E-state index is 13.8. The molecule has 1 amide bonds. The molecular weight excluding hydrogens is 317 g/mol. The molecule has 1 aromatic heterocycles. The number of halogens is 3. The van der Waals surface area contributed by atoms with Gasteiger partial charge in [-0.15, -0.1) is 0 Å². The first-order valence-corrected chi connectivity index (χ1v) is 6.30. The van der Waals surface area contributed by atoms with Crippen LogP contribution in [0.3, 0.4) is 0 Å². The summed E-state index contributed by atoms with van der Waals surface area (Å²) in [5, 5.41) is 10.5. The van der Waals surface area contributed by atoms with E-state index in [1.807, 2.05) is 0 Å². The van der Waals surface area contributed by atoms with Crippen molar-refractivity contribution in [3.8, 4) is 0 Å². The SMILES string of the molecule is CN(Cc1nccn1C(F)F)C(=O)c1ccc([N+](=O)[O-])cc1F. The number of benzene rings is 1. The number of hydrogen-bond donors (Lipinski definition) is 0. The summed E-state index contributed by atoms with van der Waals surface area (Å²) >= 11 is 0. The van der Waals surface area contributed by atoms with Crippen molar-refractivity contribution >= 4 is 11.6 Å². The zero-order valence-corrected chi connectivity index (χ0v) is 11.8. The van der Waals surface area contributed by atoms with Crippen molar-refractivity contribution in [2.45, 2.75) is 13.1 Å². The fraction of sp³-hybridized carbons (Fsp3) is 0.231. The maximum absolute atomic E-state index is 13.8. The molecule has 10 heteroatoms. The van der Waals surface area contributed by atoms with Crippen LogP contribution in [-0.2, 0) is 6.54 Å². The molecule has 122 valence electrons. The van der Waals surface area contributed by atoms with Gasteiger partial charge in [-0.25, -0.2) is 9.37 Å². The molecule has 0 unspecified atom stereocenters. The zero-order chi connectivity index (χ0) is 17.1. The molecular formula is C13H11F3N4O3. The van der Waals surface area contributed by atoms with Crippen LogP contribution in [-0.4, -0.2) is 32.3 Å². The van der Waals surface area contributed by atoms with E-state index in [1.54, 1.807) is 0 Å². The highest BCUT2D eigenvalue weighted by Crippen LogP contribution is 2.19. The Morgan fingerprint density at radius 3 is 2.74 bits per heavy atom. The Bertz CT molecular complexity index is 748. The summed E-state index contributed by atoms with van der Waals surface area (Å²) in [6, 6.07) is 2.59. The first kappa shape index (κ1) is 16.5. The first-order valence-electron chi connectivity index (χ1n) is 6.30. The molecule has 0 radical (unpaired) electrons. The molecule has 0 saturated heterocycles. The van der Waals surface area contributed by atoms with E-state index >= 15 is 0 Å². The van der Waals surface area contributed by atoms with E-state index in [9.17, 15) is 28.1 Å². The molecule has 7 nitrogen and oxygen atoms in total. The number of hydrogen-bond acceptors (Lipinski definition) is 4. The number of nitrogens with zero attached hydrogens (tertiary/aromatic N) is 4. The normalized spacial score (nSPS) is 10.8. The van der Waals surface area contributed by atoms with Gasteiger partial charge in [0.15, 0.2) is 0 Å². The Labute approximate surface area is 128 Å². The molecule has 0 N–H and O–H groups in total. The van der Waals surface area contributed by atoms with Gasteiger partial charge in [-0.3, -0.25) is 19.5 Å². The number of alkyl halides is 2. The quantitative estimate of drug-likeness (QED) is 0.624. The van der Waals surface area contributed by atoms with Crippen molar-refractivity contribution in [2.24, 2.45) is 0 Å². The summed E-state index contributed by atoms with van der Waals surface area (Å²) in [5.74, 6) is -1.94. The minimum Gasteiger partial charge on any atom is -0.334 e. The number of nitro groups is 1. The highest BCUT2D eigenvalue weighted by molar-refractivity contribution is 5.94. The van der Waals surface area contributed by atoms with Crippen LogP contribution < -0.4 is 0 Å². The lowest BCUT2D eigenvalue weighted by molar-refractivity contribution is -0.385. The van der Waals surface area contributed by atoms with E-state index in [-0.39, 0.29) is 12.4 Å². The highest BCUT2D eigenvalue weighted by atomic mass is 19.3. The van der Waals surface area contributed by atoms with Gasteiger partial charge in [0.25, 0.3) is 11.6 Å². The summed E-state index contributed by atoms with van der Waals surface area (Å²) in [6.45, 7) is -3.08. The molecule has 1 aromatic carbocycles. The molecule has 2 aromatic rings. The Morgan fingerprint density at radius 1 is 1.48 bits per heavy atom. The molecule has 0 saturated carbocycles. The molecule has 23 heavy (non-hydrogen) atoms. The number of rotatable bonds is 5. The van der Waals surface area contributed by atoms with Crippen LogP contribution >= 0.6 is 0 Å². The molecule has 0 fully saturated rings. The minimum absolute atomic E-state index is 0.0711. The van der Waals surface area contributed by atoms with E-state index < -0.39 is 34.4 Å². The lowest BCUT2D eigenvalue weighted by atomic mass is 10.1. The van der Waals surface area contributed by atoms with Gasteiger partial charge in [0.2, 0.25) is 0 Å². The van der Waals surface area contributed by atoms with Gasteiger partial charge in [-0.05, 0) is 6.07 Å². The lowest BCUT2D eigenvalue weighted by Gasteiger charge is -2.18. The van der Waals surface area contributed by atoms with Crippen LogP contribution in [0.4, 0.5) is 18.9 Å². The predicted molar refractivity (Wildman–Crippen MR) is 72.3 cm³/mol.